The maximum Gasteiger partial charge on any atom is 0.255 e. The molecule has 0 bridgehead atoms. The molecule has 2 amide bonds. The van der Waals surface area contributed by atoms with Gasteiger partial charge in [0.1, 0.15) is 0 Å². The molecule has 0 saturated carbocycles. The molecule has 0 aromatic heterocycles. The smallest absolute Gasteiger partial charge is 0.255 e. The molecule has 3 aromatic carbocycles. The van der Waals surface area contributed by atoms with Gasteiger partial charge in [-0.2, -0.15) is 0 Å². The fourth-order valence-corrected chi connectivity index (χ4v) is 2.44. The van der Waals surface area contributed by atoms with Crippen molar-refractivity contribution in [2.45, 2.75) is 6.92 Å². The lowest BCUT2D eigenvalue weighted by Crippen LogP contribution is -2.16. The number of benzene rings is 3. The first kappa shape index (κ1) is 16.5. The zero-order chi connectivity index (χ0) is 17.6. The molecule has 0 heterocycles. The van der Waals surface area contributed by atoms with Crippen molar-refractivity contribution in [3.05, 3.63) is 95.6 Å². The third-order valence-corrected chi connectivity index (χ3v) is 3.74. The number of rotatable bonds is 4. The third kappa shape index (κ3) is 4.12. The molecule has 25 heavy (non-hydrogen) atoms. The summed E-state index contributed by atoms with van der Waals surface area (Å²) in [7, 11) is 0. The molecule has 0 fully saturated rings. The Bertz CT molecular complexity index is 890. The number of aryl methyl sites for hydroxylation is 1. The predicted molar refractivity (Wildman–Crippen MR) is 100.0 cm³/mol. The number of hydrogen-bond donors (Lipinski definition) is 2. The molecule has 0 spiro atoms. The molecule has 124 valence electrons. The van der Waals surface area contributed by atoms with Crippen molar-refractivity contribution in [2.75, 3.05) is 10.6 Å². The predicted octanol–water partition coefficient (Wildman–Crippen LogP) is 4.50. The van der Waals surface area contributed by atoms with Gasteiger partial charge < -0.3 is 10.6 Å². The van der Waals surface area contributed by atoms with Crippen molar-refractivity contribution in [1.29, 1.82) is 0 Å². The van der Waals surface area contributed by atoms with E-state index in [9.17, 15) is 9.59 Å². The summed E-state index contributed by atoms with van der Waals surface area (Å²) in [4.78, 5) is 24.8. The second kappa shape index (κ2) is 7.45. The molecule has 0 aliphatic rings. The van der Waals surface area contributed by atoms with Gasteiger partial charge in [0.2, 0.25) is 0 Å². The molecule has 0 unspecified atom stereocenters. The molecule has 4 nitrogen and oxygen atoms in total. The van der Waals surface area contributed by atoms with Gasteiger partial charge in [0.25, 0.3) is 11.8 Å². The fraction of sp³-hybridized carbons (Fsp3) is 0.0476. The van der Waals surface area contributed by atoms with E-state index >= 15 is 0 Å². The van der Waals surface area contributed by atoms with Gasteiger partial charge in [-0.05, 0) is 48.9 Å². The quantitative estimate of drug-likeness (QED) is 0.740. The number of hydrogen-bond acceptors (Lipinski definition) is 2. The molecule has 0 saturated heterocycles. The number of nitrogens with one attached hydrogen (secondary N) is 2. The normalized spacial score (nSPS) is 10.1. The summed E-state index contributed by atoms with van der Waals surface area (Å²) in [5, 5.41) is 5.73. The van der Waals surface area contributed by atoms with E-state index in [1.165, 1.54) is 0 Å². The van der Waals surface area contributed by atoms with Crippen LogP contribution in [0.4, 0.5) is 11.4 Å². The minimum atomic E-state index is -0.223. The van der Waals surface area contributed by atoms with Crippen LogP contribution in [0.25, 0.3) is 0 Å². The molecule has 0 aliphatic carbocycles. The van der Waals surface area contributed by atoms with Gasteiger partial charge in [0, 0.05) is 11.1 Å². The minimum Gasteiger partial charge on any atom is -0.320 e. The van der Waals surface area contributed by atoms with Crippen molar-refractivity contribution in [3.63, 3.8) is 0 Å². The first-order valence-electron chi connectivity index (χ1n) is 7.97. The van der Waals surface area contributed by atoms with E-state index < -0.39 is 0 Å². The van der Waals surface area contributed by atoms with Gasteiger partial charge in [-0.25, -0.2) is 0 Å². The van der Waals surface area contributed by atoms with E-state index in [0.29, 0.717) is 22.5 Å². The highest BCUT2D eigenvalue weighted by atomic mass is 16.2. The number of anilines is 2. The van der Waals surface area contributed by atoms with Crippen molar-refractivity contribution >= 4 is 23.2 Å². The van der Waals surface area contributed by atoms with E-state index in [2.05, 4.69) is 10.6 Å². The lowest BCUT2D eigenvalue weighted by molar-refractivity contribution is 0.101. The summed E-state index contributed by atoms with van der Waals surface area (Å²) >= 11 is 0. The second-order valence-corrected chi connectivity index (χ2v) is 5.69. The summed E-state index contributed by atoms with van der Waals surface area (Å²) in [6, 6.07) is 23.4. The fourth-order valence-electron chi connectivity index (χ4n) is 2.44. The van der Waals surface area contributed by atoms with Gasteiger partial charge in [-0.1, -0.05) is 42.5 Å². The average molecular weight is 330 g/mol. The van der Waals surface area contributed by atoms with Crippen LogP contribution in [0.15, 0.2) is 78.9 Å². The van der Waals surface area contributed by atoms with Crippen molar-refractivity contribution < 1.29 is 9.59 Å². The summed E-state index contributed by atoms with van der Waals surface area (Å²) in [6.45, 7) is 1.93. The Morgan fingerprint density at radius 3 is 1.64 bits per heavy atom. The Morgan fingerprint density at radius 2 is 1.12 bits per heavy atom. The maximum absolute atomic E-state index is 12.4. The van der Waals surface area contributed by atoms with Crippen molar-refractivity contribution in [3.8, 4) is 0 Å². The van der Waals surface area contributed by atoms with Gasteiger partial charge in [-0.3, -0.25) is 9.59 Å². The van der Waals surface area contributed by atoms with Crippen LogP contribution < -0.4 is 10.6 Å². The van der Waals surface area contributed by atoms with Crippen molar-refractivity contribution in [2.24, 2.45) is 0 Å². The highest BCUT2D eigenvalue weighted by Crippen LogP contribution is 2.24. The van der Waals surface area contributed by atoms with Crippen molar-refractivity contribution in [1.82, 2.24) is 0 Å². The largest absolute Gasteiger partial charge is 0.320 e. The first-order chi connectivity index (χ1) is 12.1. The second-order valence-electron chi connectivity index (χ2n) is 5.69. The number of carbonyl (C=O) groups is 2. The Morgan fingerprint density at radius 1 is 0.640 bits per heavy atom. The van der Waals surface area contributed by atoms with Gasteiger partial charge in [0.05, 0.1) is 11.4 Å². The highest BCUT2D eigenvalue weighted by Gasteiger charge is 2.12. The molecule has 4 heteroatoms. The van der Waals surface area contributed by atoms with E-state index in [1.807, 2.05) is 55.5 Å². The standard InChI is InChI=1S/C21H18N2O2/c1-15-12-13-18(22-20(24)16-8-4-2-5-9-16)19(14-15)23-21(25)17-10-6-3-7-11-17/h2-14H,1H3,(H,22,24)(H,23,25). The van der Waals surface area contributed by atoms with Crippen LogP contribution in [0.1, 0.15) is 26.3 Å². The summed E-state index contributed by atoms with van der Waals surface area (Å²) < 4.78 is 0. The maximum atomic E-state index is 12.4. The van der Waals surface area contributed by atoms with Crippen LogP contribution in [-0.2, 0) is 0 Å². The summed E-state index contributed by atoms with van der Waals surface area (Å²) in [6.07, 6.45) is 0. The first-order valence-corrected chi connectivity index (χ1v) is 7.97. The lowest BCUT2D eigenvalue weighted by atomic mass is 10.1. The van der Waals surface area contributed by atoms with E-state index in [0.717, 1.165) is 5.56 Å². The topological polar surface area (TPSA) is 58.2 Å². The monoisotopic (exact) mass is 330 g/mol. The van der Waals surface area contributed by atoms with Crippen LogP contribution in [0.2, 0.25) is 0 Å². The molecule has 3 aromatic rings. The SMILES string of the molecule is Cc1ccc(NC(=O)c2ccccc2)c(NC(=O)c2ccccc2)c1. The Balaban J connectivity index is 1.83. The Hall–Kier alpha value is -3.40. The molecule has 3 rings (SSSR count). The number of carbonyl (C=O) groups excluding carboxylic acids is 2. The van der Waals surface area contributed by atoms with Crippen LogP contribution >= 0.6 is 0 Å². The zero-order valence-corrected chi connectivity index (χ0v) is 13.8. The highest BCUT2D eigenvalue weighted by molar-refractivity contribution is 6.10. The summed E-state index contributed by atoms with van der Waals surface area (Å²) in [5.41, 5.74) is 3.23. The Kier molecular flexibility index (Phi) is 4.90. The van der Waals surface area contributed by atoms with Gasteiger partial charge in [-0.15, -0.1) is 0 Å². The third-order valence-electron chi connectivity index (χ3n) is 3.74. The molecule has 0 aliphatic heterocycles. The summed E-state index contributed by atoms with van der Waals surface area (Å²) in [5.74, 6) is -0.443. The van der Waals surface area contributed by atoms with Crippen LogP contribution in [0.5, 0.6) is 0 Å². The zero-order valence-electron chi connectivity index (χ0n) is 13.8. The van der Waals surface area contributed by atoms with E-state index in [-0.39, 0.29) is 11.8 Å². The van der Waals surface area contributed by atoms with Gasteiger partial charge in [0.15, 0.2) is 0 Å². The van der Waals surface area contributed by atoms with Gasteiger partial charge >= 0.3 is 0 Å². The Labute approximate surface area is 146 Å². The molecular weight excluding hydrogens is 312 g/mol. The van der Waals surface area contributed by atoms with Crippen LogP contribution in [0, 0.1) is 6.92 Å². The van der Waals surface area contributed by atoms with Crippen LogP contribution in [0.3, 0.4) is 0 Å². The average Bonchev–Trinajstić information content (AvgIpc) is 2.65. The molecule has 0 atom stereocenters. The molecule has 2 N–H and O–H groups in total. The molecular formula is C21H18N2O2. The van der Waals surface area contributed by atoms with E-state index in [4.69, 9.17) is 0 Å². The minimum absolute atomic E-state index is 0.221. The number of amides is 2. The lowest BCUT2D eigenvalue weighted by Gasteiger charge is -2.13. The molecule has 0 radical (unpaired) electrons. The van der Waals surface area contributed by atoms with Crippen LogP contribution in [-0.4, -0.2) is 11.8 Å². The van der Waals surface area contributed by atoms with E-state index in [1.54, 1.807) is 30.3 Å².